The van der Waals surface area contributed by atoms with E-state index in [4.69, 9.17) is 27.9 Å². The molecule has 1 amide bonds. The van der Waals surface area contributed by atoms with Crippen LogP contribution in [0.15, 0.2) is 48.9 Å². The molecule has 3 fully saturated rings. The smallest absolute Gasteiger partial charge is 0.319 e. The molecule has 9 nitrogen and oxygen atoms in total. The molecule has 4 heterocycles. The number of pyridine rings is 1. The normalized spacial score (nSPS) is 20.1. The molecule has 1 aliphatic carbocycles. The first-order chi connectivity index (χ1) is 22.7. The number of rotatable bonds is 8. The van der Waals surface area contributed by atoms with Gasteiger partial charge in [-0.25, -0.2) is 19.7 Å². The summed E-state index contributed by atoms with van der Waals surface area (Å²) in [7, 11) is 0. The molecule has 47 heavy (non-hydrogen) atoms. The fourth-order valence-corrected chi connectivity index (χ4v) is 7.12. The number of anilines is 1. The topological polar surface area (TPSA) is 79.1 Å². The minimum Gasteiger partial charge on any atom is -0.462 e. The molecule has 0 bridgehead atoms. The average molecular weight is 662 g/mol. The minimum absolute atomic E-state index is 0.0226. The summed E-state index contributed by atoms with van der Waals surface area (Å²) >= 11 is 6.38. The number of hydrogen-bond donors (Lipinski definition) is 0. The summed E-state index contributed by atoms with van der Waals surface area (Å²) in [6.07, 6.45) is 5.85. The molecule has 2 aromatic carbocycles. The molecule has 2 aliphatic heterocycles. The lowest BCUT2D eigenvalue weighted by molar-refractivity contribution is -0.131. The second-order valence-electron chi connectivity index (χ2n) is 12.2. The van der Waals surface area contributed by atoms with E-state index in [2.05, 4.69) is 26.3 Å². The van der Waals surface area contributed by atoms with Crippen LogP contribution in [0.2, 0.25) is 5.02 Å². The van der Waals surface area contributed by atoms with Crippen molar-refractivity contribution in [3.63, 3.8) is 0 Å². The lowest BCUT2D eigenvalue weighted by atomic mass is 10.0. The van der Waals surface area contributed by atoms with E-state index in [1.54, 1.807) is 24.3 Å². The van der Waals surface area contributed by atoms with Gasteiger partial charge < -0.3 is 19.4 Å². The third-order valence-electron chi connectivity index (χ3n) is 9.25. The van der Waals surface area contributed by atoms with Gasteiger partial charge in [-0.3, -0.25) is 14.7 Å². The Morgan fingerprint density at radius 1 is 1.11 bits per heavy atom. The first-order valence-electron chi connectivity index (χ1n) is 15.6. The Morgan fingerprint density at radius 3 is 2.70 bits per heavy atom. The Kier molecular flexibility index (Phi) is 8.36. The number of piperazine rings is 1. The molecule has 0 unspecified atom stereocenters. The van der Waals surface area contributed by atoms with E-state index in [1.807, 2.05) is 4.90 Å². The van der Waals surface area contributed by atoms with Crippen LogP contribution in [0.4, 0.5) is 19.0 Å². The zero-order valence-corrected chi connectivity index (χ0v) is 26.2. The summed E-state index contributed by atoms with van der Waals surface area (Å²) in [6.45, 7) is 12.3. The Bertz CT molecular complexity index is 1950. The summed E-state index contributed by atoms with van der Waals surface area (Å²) in [6, 6.07) is 8.01. The van der Waals surface area contributed by atoms with Gasteiger partial charge >= 0.3 is 6.01 Å². The molecule has 0 spiro atoms. The molecule has 3 aliphatic rings. The molecule has 0 N–H and O–H groups in total. The fourth-order valence-electron chi connectivity index (χ4n) is 6.85. The molecule has 242 valence electrons. The molecule has 2 saturated heterocycles. The highest BCUT2D eigenvalue weighted by molar-refractivity contribution is 6.36. The van der Waals surface area contributed by atoms with Gasteiger partial charge in [0.25, 0.3) is 5.91 Å². The van der Waals surface area contributed by atoms with Crippen LogP contribution < -0.4 is 9.64 Å². The van der Waals surface area contributed by atoms with Gasteiger partial charge in [0, 0.05) is 48.9 Å². The summed E-state index contributed by atoms with van der Waals surface area (Å²) < 4.78 is 51.3. The van der Waals surface area contributed by atoms with Crippen molar-refractivity contribution in [2.24, 2.45) is 0 Å². The van der Waals surface area contributed by atoms with Crippen LogP contribution in [0.5, 0.6) is 6.01 Å². The van der Waals surface area contributed by atoms with E-state index < -0.39 is 29.4 Å². The van der Waals surface area contributed by atoms with Crippen LogP contribution in [-0.4, -0.2) is 88.1 Å². The number of carbonyl (C=O) groups is 1. The number of halogens is 4. The number of nitrogens with zero attached hydrogens (tertiary/aromatic N) is 7. The predicted octanol–water partition coefficient (Wildman–Crippen LogP) is 6.20. The van der Waals surface area contributed by atoms with E-state index >= 15 is 4.39 Å². The molecule has 4 aromatic rings. The zero-order valence-electron chi connectivity index (χ0n) is 25.4. The quantitative estimate of drug-likeness (QED) is 0.164. The zero-order chi connectivity index (χ0) is 32.8. The first kappa shape index (κ1) is 31.1. The molecule has 13 heteroatoms. The van der Waals surface area contributed by atoms with Crippen LogP contribution >= 0.6 is 11.6 Å². The summed E-state index contributed by atoms with van der Waals surface area (Å²) in [5, 5.41) is 1.09. The van der Waals surface area contributed by atoms with Gasteiger partial charge in [-0.15, -0.1) is 0 Å². The van der Waals surface area contributed by atoms with Crippen molar-refractivity contribution in [2.45, 2.75) is 43.8 Å². The third-order valence-corrected chi connectivity index (χ3v) is 9.62. The summed E-state index contributed by atoms with van der Waals surface area (Å²) in [5.41, 5.74) is 0.183. The number of ether oxygens (including phenoxy) is 1. The average Bonchev–Trinajstić information content (AvgIpc) is 3.81. The second kappa shape index (κ2) is 12.6. The minimum atomic E-state index is -1.10. The van der Waals surface area contributed by atoms with Gasteiger partial charge in [-0.05, 0) is 43.7 Å². The van der Waals surface area contributed by atoms with Crippen molar-refractivity contribution in [1.29, 1.82) is 0 Å². The van der Waals surface area contributed by atoms with Crippen molar-refractivity contribution in [1.82, 2.24) is 24.8 Å². The standard InChI is InChI=1S/C34H31ClF3N7O2/c1-19(36)33(46)45-14-13-43(17-23(45)15-39-2)32-25-16-40-30(24-7-3-5-20-8-11-26(37)28(35)27(20)24)29(38)31(25)41-34(42-32)47-18-22-6-4-12-44(22)21-9-10-21/h3,5,7-8,11,16,21-23H,1,4,6,9-10,12-15,17-18H2/t22-,23-/m0/s1. The van der Waals surface area contributed by atoms with E-state index in [1.165, 1.54) is 30.0 Å². The van der Waals surface area contributed by atoms with Crippen molar-refractivity contribution < 1.29 is 22.7 Å². The maximum atomic E-state index is 16.7. The predicted molar refractivity (Wildman–Crippen MR) is 173 cm³/mol. The van der Waals surface area contributed by atoms with Gasteiger partial charge in [0.1, 0.15) is 35.5 Å². The van der Waals surface area contributed by atoms with Gasteiger partial charge in [0.05, 0.1) is 10.4 Å². The third kappa shape index (κ3) is 5.83. The number of amides is 1. The highest BCUT2D eigenvalue weighted by atomic mass is 35.5. The highest BCUT2D eigenvalue weighted by Gasteiger charge is 2.38. The van der Waals surface area contributed by atoms with Crippen molar-refractivity contribution >= 4 is 45.0 Å². The van der Waals surface area contributed by atoms with Crippen LogP contribution in [0.1, 0.15) is 25.7 Å². The van der Waals surface area contributed by atoms with E-state index in [-0.39, 0.29) is 59.9 Å². The van der Waals surface area contributed by atoms with Gasteiger partial charge in [0.2, 0.25) is 6.54 Å². The van der Waals surface area contributed by atoms with Gasteiger partial charge in [-0.1, -0.05) is 42.4 Å². The largest absolute Gasteiger partial charge is 0.462 e. The number of likely N-dealkylation sites (tertiary alicyclic amines) is 1. The van der Waals surface area contributed by atoms with Crippen molar-refractivity contribution in [3.05, 3.63) is 77.0 Å². The number of benzene rings is 2. The maximum absolute atomic E-state index is 16.7. The van der Waals surface area contributed by atoms with E-state index in [9.17, 15) is 13.6 Å². The van der Waals surface area contributed by atoms with Crippen molar-refractivity contribution in [3.8, 4) is 17.3 Å². The lowest BCUT2D eigenvalue weighted by Crippen LogP contribution is -2.56. The monoisotopic (exact) mass is 661 g/mol. The fraction of sp³-hybridized carbons (Fsp3) is 0.382. The molecular weight excluding hydrogens is 631 g/mol. The molecule has 7 rings (SSSR count). The first-order valence-corrected chi connectivity index (χ1v) is 16.0. The number of carbonyl (C=O) groups excluding carboxylic acids is 1. The molecule has 1 saturated carbocycles. The van der Waals surface area contributed by atoms with E-state index in [0.717, 1.165) is 19.4 Å². The van der Waals surface area contributed by atoms with Crippen LogP contribution in [0, 0.1) is 18.2 Å². The second-order valence-corrected chi connectivity index (χ2v) is 12.6. The number of hydrogen-bond acceptors (Lipinski definition) is 7. The van der Waals surface area contributed by atoms with Gasteiger partial charge in [0.15, 0.2) is 11.6 Å². The Hall–Kier alpha value is -4.47. The lowest BCUT2D eigenvalue weighted by Gasteiger charge is -2.39. The van der Waals surface area contributed by atoms with Crippen LogP contribution in [0.25, 0.3) is 37.8 Å². The molecule has 2 atom stereocenters. The Balaban J connectivity index is 1.31. The highest BCUT2D eigenvalue weighted by Crippen LogP contribution is 2.39. The number of aromatic nitrogens is 3. The van der Waals surface area contributed by atoms with Gasteiger partial charge in [-0.2, -0.15) is 9.97 Å². The van der Waals surface area contributed by atoms with Crippen molar-refractivity contribution in [2.75, 3.05) is 44.2 Å². The molecular formula is C34H31ClF3N7O2. The Labute approximate surface area is 274 Å². The van der Waals surface area contributed by atoms with Crippen LogP contribution in [-0.2, 0) is 4.79 Å². The molecule has 0 radical (unpaired) electrons. The SMILES string of the molecule is [C-]#[N+]C[C@H]1CN(c2nc(OC[C@@H]3CCCN3C3CC3)nc3c(F)c(-c4cccc5ccc(F)c(Cl)c45)ncc23)CCN1C(=O)C(=C)F. The van der Waals surface area contributed by atoms with Crippen LogP contribution in [0.3, 0.4) is 0 Å². The maximum Gasteiger partial charge on any atom is 0.319 e. The summed E-state index contributed by atoms with van der Waals surface area (Å²) in [5.74, 6) is -3.05. The number of fused-ring (bicyclic) bond motifs is 2. The molecule has 2 aromatic heterocycles. The Morgan fingerprint density at radius 2 is 1.94 bits per heavy atom. The summed E-state index contributed by atoms with van der Waals surface area (Å²) in [4.78, 5) is 35.3. The van der Waals surface area contributed by atoms with E-state index in [0.29, 0.717) is 34.8 Å².